The van der Waals surface area contributed by atoms with Crippen LogP contribution in [-0.2, 0) is 6.42 Å². The third-order valence-corrected chi connectivity index (χ3v) is 4.00. The van der Waals surface area contributed by atoms with Gasteiger partial charge in [0, 0.05) is 17.8 Å². The number of aryl methyl sites for hydroxylation is 1. The van der Waals surface area contributed by atoms with Gasteiger partial charge in [0.25, 0.3) is 0 Å². The Balaban J connectivity index is 1.87. The number of hydrogen-bond acceptors (Lipinski definition) is 4. The van der Waals surface area contributed by atoms with E-state index in [1.54, 1.807) is 0 Å². The van der Waals surface area contributed by atoms with Gasteiger partial charge in [0.05, 0.1) is 0 Å². The summed E-state index contributed by atoms with van der Waals surface area (Å²) in [6, 6.07) is 0. The van der Waals surface area contributed by atoms with Crippen LogP contribution < -0.4 is 5.32 Å². The summed E-state index contributed by atoms with van der Waals surface area (Å²) in [4.78, 5) is 11.1. The predicted molar refractivity (Wildman–Crippen MR) is 84.6 cm³/mol. The molecule has 1 N–H and O–H groups in total. The van der Waals surface area contributed by atoms with E-state index >= 15 is 0 Å². The Bertz CT molecular complexity index is 430. The van der Waals surface area contributed by atoms with Crippen LogP contribution in [-0.4, -0.2) is 41.0 Å². The molecule has 0 atom stereocenters. The smallest absolute Gasteiger partial charge is 0.224 e. The Kier molecular flexibility index (Phi) is 6.05. The van der Waals surface area contributed by atoms with Crippen molar-refractivity contribution >= 4 is 17.4 Å². The zero-order valence-corrected chi connectivity index (χ0v) is 13.3. The minimum absolute atomic E-state index is 0.337. The maximum Gasteiger partial charge on any atom is 0.224 e. The molecule has 112 valence electrons. The molecule has 1 aliphatic heterocycles. The number of nitrogens with one attached hydrogen (secondary N) is 1. The zero-order valence-electron chi connectivity index (χ0n) is 12.6. The van der Waals surface area contributed by atoms with E-state index < -0.39 is 0 Å². The lowest BCUT2D eigenvalue weighted by atomic mass is 10.1. The summed E-state index contributed by atoms with van der Waals surface area (Å²) in [5, 5.41) is 3.78. The summed E-state index contributed by atoms with van der Waals surface area (Å²) in [5.74, 6) is 0.922. The summed E-state index contributed by atoms with van der Waals surface area (Å²) in [6.07, 6.45) is 5.95. The fraction of sp³-hybridized carbons (Fsp3) is 0.733. The van der Waals surface area contributed by atoms with Crippen LogP contribution in [0, 0.1) is 6.92 Å². The molecule has 0 aromatic carbocycles. The van der Waals surface area contributed by atoms with Crippen LogP contribution in [0.25, 0.3) is 0 Å². The van der Waals surface area contributed by atoms with Crippen molar-refractivity contribution < 1.29 is 0 Å². The molecule has 1 fully saturated rings. The maximum atomic E-state index is 5.97. The lowest BCUT2D eigenvalue weighted by molar-refractivity contribution is 0.337. The van der Waals surface area contributed by atoms with Crippen LogP contribution in [0.2, 0.25) is 5.28 Å². The molecular weight excluding hydrogens is 272 g/mol. The van der Waals surface area contributed by atoms with E-state index in [1.165, 1.54) is 38.0 Å². The lowest BCUT2D eigenvalue weighted by Gasteiger charge is -2.16. The molecule has 2 heterocycles. The van der Waals surface area contributed by atoms with Gasteiger partial charge >= 0.3 is 0 Å². The first-order valence-corrected chi connectivity index (χ1v) is 8.07. The van der Waals surface area contributed by atoms with E-state index in [2.05, 4.69) is 27.1 Å². The molecule has 0 saturated carbocycles. The van der Waals surface area contributed by atoms with E-state index in [9.17, 15) is 0 Å². The molecule has 4 nitrogen and oxygen atoms in total. The molecule has 2 rings (SSSR count). The highest BCUT2D eigenvalue weighted by Gasteiger charge is 2.12. The highest BCUT2D eigenvalue weighted by atomic mass is 35.5. The third-order valence-electron chi connectivity index (χ3n) is 3.83. The Morgan fingerprint density at radius 3 is 2.70 bits per heavy atom. The van der Waals surface area contributed by atoms with Crippen molar-refractivity contribution in [1.29, 1.82) is 0 Å². The van der Waals surface area contributed by atoms with Gasteiger partial charge in [-0.3, -0.25) is 0 Å². The van der Waals surface area contributed by atoms with Crippen LogP contribution in [0.3, 0.4) is 0 Å². The summed E-state index contributed by atoms with van der Waals surface area (Å²) < 4.78 is 0. The van der Waals surface area contributed by atoms with Gasteiger partial charge in [0.1, 0.15) is 5.82 Å². The second-order valence-electron chi connectivity index (χ2n) is 5.48. The SMILES string of the molecule is CCCc1c(C)nc(Cl)nc1NCCCN1CCCC1. The summed E-state index contributed by atoms with van der Waals surface area (Å²) in [7, 11) is 0. The lowest BCUT2D eigenvalue weighted by Crippen LogP contribution is -2.22. The van der Waals surface area contributed by atoms with Crippen molar-refractivity contribution in [2.24, 2.45) is 0 Å². The number of halogens is 1. The molecule has 0 amide bonds. The summed E-state index contributed by atoms with van der Waals surface area (Å²) >= 11 is 5.97. The first kappa shape index (κ1) is 15.5. The Labute approximate surface area is 126 Å². The molecule has 0 bridgehead atoms. The van der Waals surface area contributed by atoms with Crippen molar-refractivity contribution in [3.8, 4) is 0 Å². The van der Waals surface area contributed by atoms with Gasteiger partial charge < -0.3 is 10.2 Å². The molecule has 1 aliphatic rings. The summed E-state index contributed by atoms with van der Waals surface area (Å²) in [6.45, 7) is 8.83. The summed E-state index contributed by atoms with van der Waals surface area (Å²) in [5.41, 5.74) is 2.20. The van der Waals surface area contributed by atoms with Gasteiger partial charge in [0.15, 0.2) is 0 Å². The van der Waals surface area contributed by atoms with Gasteiger partial charge in [-0.05, 0) is 63.8 Å². The van der Waals surface area contributed by atoms with E-state index in [0.717, 1.165) is 37.3 Å². The highest BCUT2D eigenvalue weighted by molar-refractivity contribution is 6.28. The van der Waals surface area contributed by atoms with Gasteiger partial charge in [0.2, 0.25) is 5.28 Å². The topological polar surface area (TPSA) is 41.1 Å². The van der Waals surface area contributed by atoms with Crippen LogP contribution in [0.1, 0.15) is 43.9 Å². The quantitative estimate of drug-likeness (QED) is 0.619. The van der Waals surface area contributed by atoms with Gasteiger partial charge in [-0.2, -0.15) is 0 Å². The van der Waals surface area contributed by atoms with Gasteiger partial charge in [-0.15, -0.1) is 0 Å². The number of nitrogens with zero attached hydrogens (tertiary/aromatic N) is 3. The van der Waals surface area contributed by atoms with Crippen molar-refractivity contribution in [3.63, 3.8) is 0 Å². The second kappa shape index (κ2) is 7.79. The maximum absolute atomic E-state index is 5.97. The molecule has 0 unspecified atom stereocenters. The molecule has 5 heteroatoms. The number of rotatable bonds is 7. The second-order valence-corrected chi connectivity index (χ2v) is 5.82. The number of aromatic nitrogens is 2. The van der Waals surface area contributed by atoms with E-state index in [0.29, 0.717) is 5.28 Å². The Hall–Kier alpha value is -0.870. The average molecular weight is 297 g/mol. The molecule has 0 spiro atoms. The molecule has 0 aliphatic carbocycles. The first-order valence-electron chi connectivity index (χ1n) is 7.70. The van der Waals surface area contributed by atoms with Crippen molar-refractivity contribution in [2.75, 3.05) is 31.5 Å². The van der Waals surface area contributed by atoms with Gasteiger partial charge in [-0.25, -0.2) is 9.97 Å². The molecule has 1 aromatic heterocycles. The van der Waals surface area contributed by atoms with E-state index in [4.69, 9.17) is 11.6 Å². The van der Waals surface area contributed by atoms with Crippen LogP contribution in [0.4, 0.5) is 5.82 Å². The van der Waals surface area contributed by atoms with Crippen LogP contribution >= 0.6 is 11.6 Å². The van der Waals surface area contributed by atoms with Crippen molar-refractivity contribution in [1.82, 2.24) is 14.9 Å². The van der Waals surface area contributed by atoms with Crippen molar-refractivity contribution in [2.45, 2.75) is 46.0 Å². The normalized spacial score (nSPS) is 15.8. The van der Waals surface area contributed by atoms with Crippen LogP contribution in [0.5, 0.6) is 0 Å². The third kappa shape index (κ3) is 4.32. The number of anilines is 1. The molecule has 1 saturated heterocycles. The Morgan fingerprint density at radius 2 is 2.00 bits per heavy atom. The molecular formula is C15H25ClN4. The number of likely N-dealkylation sites (tertiary alicyclic amines) is 1. The first-order chi connectivity index (χ1) is 9.70. The highest BCUT2D eigenvalue weighted by Crippen LogP contribution is 2.20. The molecule has 1 aromatic rings. The average Bonchev–Trinajstić information content (AvgIpc) is 2.91. The fourth-order valence-electron chi connectivity index (χ4n) is 2.77. The molecule has 0 radical (unpaired) electrons. The standard InChI is InChI=1S/C15H25ClN4/c1-3-7-13-12(2)18-15(16)19-14(13)17-8-6-11-20-9-4-5-10-20/h3-11H2,1-2H3,(H,17,18,19). The predicted octanol–water partition coefficient (Wildman–Crippen LogP) is 3.29. The van der Waals surface area contributed by atoms with Crippen molar-refractivity contribution in [3.05, 3.63) is 16.5 Å². The van der Waals surface area contributed by atoms with Crippen LogP contribution in [0.15, 0.2) is 0 Å². The van der Waals surface area contributed by atoms with E-state index in [1.807, 2.05) is 6.92 Å². The molecule has 20 heavy (non-hydrogen) atoms. The zero-order chi connectivity index (χ0) is 14.4. The largest absolute Gasteiger partial charge is 0.370 e. The van der Waals surface area contributed by atoms with E-state index in [-0.39, 0.29) is 0 Å². The number of hydrogen-bond donors (Lipinski definition) is 1. The Morgan fingerprint density at radius 1 is 1.25 bits per heavy atom. The minimum atomic E-state index is 0.337. The minimum Gasteiger partial charge on any atom is -0.370 e. The fourth-order valence-corrected chi connectivity index (χ4v) is 2.98. The van der Waals surface area contributed by atoms with Gasteiger partial charge in [-0.1, -0.05) is 13.3 Å². The monoisotopic (exact) mass is 296 g/mol.